The highest BCUT2D eigenvalue weighted by Crippen LogP contribution is 2.31. The van der Waals surface area contributed by atoms with Crippen molar-refractivity contribution in [2.24, 2.45) is 0 Å². The van der Waals surface area contributed by atoms with Crippen molar-refractivity contribution < 1.29 is 9.90 Å². The Bertz CT molecular complexity index is 475. The molecule has 3 rings (SSSR count). The molecule has 1 unspecified atom stereocenters. The Morgan fingerprint density at radius 2 is 2.17 bits per heavy atom. The van der Waals surface area contributed by atoms with Crippen LogP contribution in [0.1, 0.15) is 36.9 Å². The molecule has 0 amide bonds. The van der Waals surface area contributed by atoms with Gasteiger partial charge >= 0.3 is 5.97 Å². The van der Waals surface area contributed by atoms with E-state index in [2.05, 4.69) is 9.97 Å². The summed E-state index contributed by atoms with van der Waals surface area (Å²) in [6.45, 7) is 0.792. The van der Waals surface area contributed by atoms with Crippen LogP contribution in [-0.4, -0.2) is 33.6 Å². The summed E-state index contributed by atoms with van der Waals surface area (Å²) in [6, 6.07) is -0.418. The fourth-order valence-corrected chi connectivity index (χ4v) is 3.03. The lowest BCUT2D eigenvalue weighted by molar-refractivity contribution is -0.139. The van der Waals surface area contributed by atoms with E-state index in [1.165, 1.54) is 5.56 Å². The van der Waals surface area contributed by atoms with Crippen LogP contribution in [0.3, 0.4) is 0 Å². The smallest absolute Gasteiger partial charge is 0.326 e. The molecule has 96 valence electrons. The SMILES string of the molecule is O=C(O)C1CCCCN1c1ncnc2c1CCC2. The van der Waals surface area contributed by atoms with Crippen molar-refractivity contribution in [2.75, 3.05) is 11.4 Å². The average molecular weight is 247 g/mol. The van der Waals surface area contributed by atoms with Gasteiger partial charge in [0.05, 0.1) is 0 Å². The molecule has 1 N–H and O–H groups in total. The molecule has 5 nitrogen and oxygen atoms in total. The van der Waals surface area contributed by atoms with Crippen molar-refractivity contribution in [1.29, 1.82) is 0 Å². The van der Waals surface area contributed by atoms with Crippen LogP contribution in [-0.2, 0) is 17.6 Å². The van der Waals surface area contributed by atoms with E-state index in [0.717, 1.165) is 50.2 Å². The van der Waals surface area contributed by atoms with Gasteiger partial charge in [0.15, 0.2) is 0 Å². The normalized spacial score (nSPS) is 22.9. The Morgan fingerprint density at radius 1 is 1.28 bits per heavy atom. The lowest BCUT2D eigenvalue weighted by atomic mass is 10.0. The van der Waals surface area contributed by atoms with E-state index < -0.39 is 12.0 Å². The minimum Gasteiger partial charge on any atom is -0.480 e. The van der Waals surface area contributed by atoms with Gasteiger partial charge < -0.3 is 10.0 Å². The Morgan fingerprint density at radius 3 is 3.00 bits per heavy atom. The summed E-state index contributed by atoms with van der Waals surface area (Å²) >= 11 is 0. The number of carbonyl (C=O) groups is 1. The minimum atomic E-state index is -0.736. The van der Waals surface area contributed by atoms with E-state index in [9.17, 15) is 9.90 Å². The molecule has 1 saturated heterocycles. The van der Waals surface area contributed by atoms with Gasteiger partial charge in [-0.05, 0) is 38.5 Å². The van der Waals surface area contributed by atoms with E-state index in [0.29, 0.717) is 6.42 Å². The third-order valence-electron chi connectivity index (χ3n) is 3.91. The maximum absolute atomic E-state index is 11.4. The van der Waals surface area contributed by atoms with Gasteiger partial charge in [0.1, 0.15) is 18.2 Å². The molecule has 2 heterocycles. The molecule has 0 aromatic carbocycles. The van der Waals surface area contributed by atoms with Crippen LogP contribution >= 0.6 is 0 Å². The predicted molar refractivity (Wildman–Crippen MR) is 66.7 cm³/mol. The molecule has 1 aliphatic heterocycles. The number of piperidine rings is 1. The van der Waals surface area contributed by atoms with Crippen LogP contribution in [0, 0.1) is 0 Å². The predicted octanol–water partition coefficient (Wildman–Crippen LogP) is 1.41. The number of carboxylic acids is 1. The Kier molecular flexibility index (Phi) is 2.89. The molecule has 2 aliphatic rings. The second-order valence-electron chi connectivity index (χ2n) is 5.02. The number of aryl methyl sites for hydroxylation is 1. The van der Waals surface area contributed by atoms with Crippen molar-refractivity contribution in [3.05, 3.63) is 17.6 Å². The zero-order valence-corrected chi connectivity index (χ0v) is 10.3. The first kappa shape index (κ1) is 11.4. The number of aromatic nitrogens is 2. The average Bonchev–Trinajstić information content (AvgIpc) is 2.86. The van der Waals surface area contributed by atoms with Gasteiger partial charge in [-0.3, -0.25) is 0 Å². The molecule has 18 heavy (non-hydrogen) atoms. The second-order valence-corrected chi connectivity index (χ2v) is 5.02. The van der Waals surface area contributed by atoms with Crippen LogP contribution in [0.25, 0.3) is 0 Å². The zero-order chi connectivity index (χ0) is 12.5. The van der Waals surface area contributed by atoms with Gasteiger partial charge in [0, 0.05) is 17.8 Å². The van der Waals surface area contributed by atoms with E-state index >= 15 is 0 Å². The molecule has 1 atom stereocenters. The minimum absolute atomic E-state index is 0.418. The van der Waals surface area contributed by atoms with E-state index in [1.807, 2.05) is 4.90 Å². The summed E-state index contributed by atoms with van der Waals surface area (Å²) in [5.74, 6) is 0.129. The fourth-order valence-electron chi connectivity index (χ4n) is 3.03. The van der Waals surface area contributed by atoms with Gasteiger partial charge in [-0.25, -0.2) is 14.8 Å². The first-order valence-electron chi connectivity index (χ1n) is 6.59. The van der Waals surface area contributed by atoms with Crippen LogP contribution in [0.2, 0.25) is 0 Å². The van der Waals surface area contributed by atoms with Crippen molar-refractivity contribution in [3.8, 4) is 0 Å². The van der Waals surface area contributed by atoms with Crippen molar-refractivity contribution >= 4 is 11.8 Å². The van der Waals surface area contributed by atoms with Gasteiger partial charge in [-0.1, -0.05) is 0 Å². The number of carboxylic acid groups (broad SMARTS) is 1. The van der Waals surface area contributed by atoms with E-state index in [-0.39, 0.29) is 0 Å². The van der Waals surface area contributed by atoms with Gasteiger partial charge in [0.25, 0.3) is 0 Å². The number of aliphatic carboxylic acids is 1. The van der Waals surface area contributed by atoms with Crippen molar-refractivity contribution in [2.45, 2.75) is 44.6 Å². The topological polar surface area (TPSA) is 66.3 Å². The quantitative estimate of drug-likeness (QED) is 0.856. The molecule has 0 spiro atoms. The lowest BCUT2D eigenvalue weighted by Gasteiger charge is -2.34. The monoisotopic (exact) mass is 247 g/mol. The summed E-state index contributed by atoms with van der Waals surface area (Å²) < 4.78 is 0. The summed E-state index contributed by atoms with van der Waals surface area (Å²) in [7, 11) is 0. The number of rotatable bonds is 2. The highest BCUT2D eigenvalue weighted by Gasteiger charge is 2.32. The molecule has 0 radical (unpaired) electrons. The van der Waals surface area contributed by atoms with Gasteiger partial charge in [-0.2, -0.15) is 0 Å². The highest BCUT2D eigenvalue weighted by atomic mass is 16.4. The first-order valence-corrected chi connectivity index (χ1v) is 6.59. The molecule has 1 aromatic rings. The molecule has 0 bridgehead atoms. The maximum atomic E-state index is 11.4. The molecule has 5 heteroatoms. The molecular weight excluding hydrogens is 230 g/mol. The van der Waals surface area contributed by atoms with Gasteiger partial charge in [0.2, 0.25) is 0 Å². The van der Waals surface area contributed by atoms with Crippen LogP contribution in [0.15, 0.2) is 6.33 Å². The number of fused-ring (bicyclic) bond motifs is 1. The van der Waals surface area contributed by atoms with Crippen molar-refractivity contribution in [3.63, 3.8) is 0 Å². The fraction of sp³-hybridized carbons (Fsp3) is 0.615. The molecule has 0 saturated carbocycles. The maximum Gasteiger partial charge on any atom is 0.326 e. The van der Waals surface area contributed by atoms with Crippen LogP contribution in [0.5, 0.6) is 0 Å². The Hall–Kier alpha value is -1.65. The molecule has 1 fully saturated rings. The summed E-state index contributed by atoms with van der Waals surface area (Å²) in [5.41, 5.74) is 2.28. The zero-order valence-electron chi connectivity index (χ0n) is 10.3. The first-order chi connectivity index (χ1) is 8.77. The summed E-state index contributed by atoms with van der Waals surface area (Å²) in [6.07, 6.45) is 7.40. The lowest BCUT2D eigenvalue weighted by Crippen LogP contribution is -2.45. The standard InChI is InChI=1S/C13H17N3O2/c17-13(18)11-6-1-2-7-16(11)12-9-4-3-5-10(9)14-8-15-12/h8,11H,1-7H2,(H,17,18). The summed E-state index contributed by atoms with van der Waals surface area (Å²) in [4.78, 5) is 22.0. The second kappa shape index (κ2) is 4.55. The number of anilines is 1. The molecule has 1 aromatic heterocycles. The number of nitrogens with zero attached hydrogens (tertiary/aromatic N) is 3. The third kappa shape index (κ3) is 1.83. The number of hydrogen-bond donors (Lipinski definition) is 1. The van der Waals surface area contributed by atoms with E-state index in [1.54, 1.807) is 6.33 Å². The Balaban J connectivity index is 1.98. The van der Waals surface area contributed by atoms with Crippen LogP contribution in [0.4, 0.5) is 5.82 Å². The van der Waals surface area contributed by atoms with E-state index in [4.69, 9.17) is 0 Å². The highest BCUT2D eigenvalue weighted by molar-refractivity contribution is 5.78. The third-order valence-corrected chi connectivity index (χ3v) is 3.91. The number of hydrogen-bond acceptors (Lipinski definition) is 4. The van der Waals surface area contributed by atoms with Crippen molar-refractivity contribution in [1.82, 2.24) is 9.97 Å². The molecular formula is C13H17N3O2. The largest absolute Gasteiger partial charge is 0.480 e. The molecule has 1 aliphatic carbocycles. The summed E-state index contributed by atoms with van der Waals surface area (Å²) in [5, 5.41) is 9.33. The van der Waals surface area contributed by atoms with Crippen LogP contribution < -0.4 is 4.90 Å². The van der Waals surface area contributed by atoms with Gasteiger partial charge in [-0.15, -0.1) is 0 Å². The Labute approximate surface area is 106 Å².